The lowest BCUT2D eigenvalue weighted by molar-refractivity contribution is -0.153. The Kier molecular flexibility index (Phi) is 3.32. The minimum absolute atomic E-state index is 0.132. The Balaban J connectivity index is 1.63. The lowest BCUT2D eigenvalue weighted by atomic mass is 9.94. The van der Waals surface area contributed by atoms with Gasteiger partial charge in [-0.1, -0.05) is 0 Å². The van der Waals surface area contributed by atoms with Crippen LogP contribution in [-0.4, -0.2) is 37.9 Å². The number of carbonyl (C=O) groups is 1. The van der Waals surface area contributed by atoms with Crippen LogP contribution in [0.5, 0.6) is 0 Å². The third-order valence-electron chi connectivity index (χ3n) is 4.24. The zero-order valence-corrected chi connectivity index (χ0v) is 11.1. The van der Waals surface area contributed by atoms with Crippen molar-refractivity contribution >= 4 is 5.97 Å². The molecule has 0 heterocycles. The van der Waals surface area contributed by atoms with E-state index in [2.05, 4.69) is 5.32 Å². The van der Waals surface area contributed by atoms with Crippen molar-refractivity contribution in [3.05, 3.63) is 0 Å². The van der Waals surface area contributed by atoms with Crippen molar-refractivity contribution < 1.29 is 14.3 Å². The number of esters is 1. The number of hydrogen-bond acceptors (Lipinski definition) is 4. The summed E-state index contributed by atoms with van der Waals surface area (Å²) in [6.45, 7) is 1.29. The summed E-state index contributed by atoms with van der Waals surface area (Å²) in [7, 11) is 1.48. The van der Waals surface area contributed by atoms with Gasteiger partial charge in [-0.3, -0.25) is 5.32 Å². The summed E-state index contributed by atoms with van der Waals surface area (Å²) in [5.41, 5.74) is -0.565. The molecule has 4 nitrogen and oxygen atoms in total. The SMILES string of the molecule is COC(=O)C(COCC1CC1)(NC1CC1)C1CC1. The molecule has 0 bridgehead atoms. The molecule has 1 atom stereocenters. The molecular formula is C14H23NO3. The molecule has 3 aliphatic carbocycles. The van der Waals surface area contributed by atoms with E-state index in [1.54, 1.807) is 0 Å². The van der Waals surface area contributed by atoms with E-state index in [4.69, 9.17) is 9.47 Å². The quantitative estimate of drug-likeness (QED) is 0.666. The highest BCUT2D eigenvalue weighted by molar-refractivity contribution is 5.82. The van der Waals surface area contributed by atoms with Crippen LogP contribution in [0.15, 0.2) is 0 Å². The predicted molar refractivity (Wildman–Crippen MR) is 67.2 cm³/mol. The van der Waals surface area contributed by atoms with Crippen LogP contribution in [0, 0.1) is 11.8 Å². The summed E-state index contributed by atoms with van der Waals surface area (Å²) < 4.78 is 10.9. The van der Waals surface area contributed by atoms with Crippen LogP contribution in [0.1, 0.15) is 38.5 Å². The number of carbonyl (C=O) groups excluding carboxylic acids is 1. The van der Waals surface area contributed by atoms with Crippen LogP contribution in [0.3, 0.4) is 0 Å². The number of methoxy groups -OCH3 is 1. The Labute approximate surface area is 108 Å². The minimum atomic E-state index is -0.565. The first-order valence-corrected chi connectivity index (χ1v) is 7.18. The summed E-state index contributed by atoms with van der Waals surface area (Å²) in [6, 6.07) is 0.495. The van der Waals surface area contributed by atoms with E-state index in [0.717, 1.165) is 25.4 Å². The second kappa shape index (κ2) is 4.82. The third kappa shape index (κ3) is 2.69. The van der Waals surface area contributed by atoms with Gasteiger partial charge < -0.3 is 9.47 Å². The van der Waals surface area contributed by atoms with Crippen molar-refractivity contribution in [1.29, 1.82) is 0 Å². The van der Waals surface area contributed by atoms with Gasteiger partial charge in [0.15, 0.2) is 0 Å². The van der Waals surface area contributed by atoms with Crippen molar-refractivity contribution in [2.24, 2.45) is 11.8 Å². The fraction of sp³-hybridized carbons (Fsp3) is 0.929. The normalized spacial score (nSPS) is 26.7. The molecule has 0 amide bonds. The van der Waals surface area contributed by atoms with Crippen LogP contribution in [0.25, 0.3) is 0 Å². The number of rotatable bonds is 8. The Hall–Kier alpha value is -0.610. The fourth-order valence-corrected chi connectivity index (χ4v) is 2.58. The third-order valence-corrected chi connectivity index (χ3v) is 4.24. The lowest BCUT2D eigenvalue weighted by Crippen LogP contribution is -2.59. The van der Waals surface area contributed by atoms with Gasteiger partial charge in [0.1, 0.15) is 5.54 Å². The van der Waals surface area contributed by atoms with Crippen molar-refractivity contribution in [1.82, 2.24) is 5.32 Å². The Morgan fingerprint density at radius 3 is 2.44 bits per heavy atom. The molecule has 0 aliphatic heterocycles. The molecule has 0 aromatic heterocycles. The molecule has 3 rings (SSSR count). The van der Waals surface area contributed by atoms with Crippen molar-refractivity contribution in [3.8, 4) is 0 Å². The summed E-state index contributed by atoms with van der Waals surface area (Å²) in [5, 5.41) is 3.51. The Morgan fingerprint density at radius 2 is 1.94 bits per heavy atom. The zero-order valence-electron chi connectivity index (χ0n) is 11.1. The Morgan fingerprint density at radius 1 is 1.22 bits per heavy atom. The molecule has 1 unspecified atom stereocenters. The predicted octanol–water partition coefficient (Wildman–Crippen LogP) is 1.49. The monoisotopic (exact) mass is 253 g/mol. The average molecular weight is 253 g/mol. The first kappa shape index (κ1) is 12.4. The highest BCUT2D eigenvalue weighted by Gasteiger charge is 2.54. The molecule has 3 saturated carbocycles. The molecule has 0 aromatic carbocycles. The highest BCUT2D eigenvalue weighted by atomic mass is 16.5. The van der Waals surface area contributed by atoms with E-state index in [1.807, 2.05) is 0 Å². The van der Waals surface area contributed by atoms with Gasteiger partial charge in [0, 0.05) is 12.6 Å². The Bertz CT molecular complexity index is 321. The second-order valence-corrected chi connectivity index (χ2v) is 6.11. The fourth-order valence-electron chi connectivity index (χ4n) is 2.58. The maximum absolute atomic E-state index is 12.2. The van der Waals surface area contributed by atoms with E-state index in [1.165, 1.54) is 32.8 Å². The van der Waals surface area contributed by atoms with Crippen LogP contribution in [0.4, 0.5) is 0 Å². The molecule has 102 valence electrons. The molecule has 3 aliphatic rings. The lowest BCUT2D eigenvalue weighted by Gasteiger charge is -2.32. The van der Waals surface area contributed by atoms with E-state index in [9.17, 15) is 4.79 Å². The molecule has 1 N–H and O–H groups in total. The average Bonchev–Trinajstić information content (AvgIpc) is 3.21. The van der Waals surface area contributed by atoms with E-state index in [-0.39, 0.29) is 5.97 Å². The molecule has 4 heteroatoms. The molecular weight excluding hydrogens is 230 g/mol. The van der Waals surface area contributed by atoms with Crippen LogP contribution >= 0.6 is 0 Å². The molecule has 0 spiro atoms. The van der Waals surface area contributed by atoms with E-state index in [0.29, 0.717) is 18.6 Å². The number of nitrogens with one attached hydrogen (secondary N) is 1. The van der Waals surface area contributed by atoms with Crippen LogP contribution in [0.2, 0.25) is 0 Å². The molecule has 0 saturated heterocycles. The zero-order chi connectivity index (χ0) is 12.6. The van der Waals surface area contributed by atoms with Gasteiger partial charge in [0.2, 0.25) is 0 Å². The highest BCUT2D eigenvalue weighted by Crippen LogP contribution is 2.43. The van der Waals surface area contributed by atoms with Gasteiger partial charge in [-0.05, 0) is 50.4 Å². The molecule has 18 heavy (non-hydrogen) atoms. The summed E-state index contributed by atoms with van der Waals surface area (Å²) >= 11 is 0. The van der Waals surface area contributed by atoms with E-state index >= 15 is 0 Å². The standard InChI is InChI=1S/C14H23NO3/c1-17-13(16)14(11-4-5-11,15-12-6-7-12)9-18-8-10-2-3-10/h10-12,15H,2-9H2,1H3. The maximum Gasteiger partial charge on any atom is 0.328 e. The molecule has 0 aromatic rings. The summed E-state index contributed by atoms with van der Waals surface area (Å²) in [6.07, 6.45) is 7.14. The van der Waals surface area contributed by atoms with E-state index < -0.39 is 5.54 Å². The van der Waals surface area contributed by atoms with Gasteiger partial charge in [-0.2, -0.15) is 0 Å². The summed E-state index contributed by atoms with van der Waals surface area (Å²) in [4.78, 5) is 12.2. The maximum atomic E-state index is 12.2. The van der Waals surface area contributed by atoms with Crippen molar-refractivity contribution in [2.75, 3.05) is 20.3 Å². The van der Waals surface area contributed by atoms with Gasteiger partial charge >= 0.3 is 5.97 Å². The van der Waals surface area contributed by atoms with Gasteiger partial charge in [0.05, 0.1) is 13.7 Å². The number of ether oxygens (including phenoxy) is 2. The van der Waals surface area contributed by atoms with Crippen molar-refractivity contribution in [2.45, 2.75) is 50.1 Å². The number of hydrogen-bond donors (Lipinski definition) is 1. The first-order chi connectivity index (χ1) is 8.74. The van der Waals surface area contributed by atoms with Crippen LogP contribution in [-0.2, 0) is 14.3 Å². The van der Waals surface area contributed by atoms with Crippen LogP contribution < -0.4 is 5.32 Å². The second-order valence-electron chi connectivity index (χ2n) is 6.11. The van der Waals surface area contributed by atoms with Gasteiger partial charge in [-0.15, -0.1) is 0 Å². The molecule has 3 fully saturated rings. The smallest absolute Gasteiger partial charge is 0.328 e. The minimum Gasteiger partial charge on any atom is -0.468 e. The molecule has 0 radical (unpaired) electrons. The van der Waals surface area contributed by atoms with Gasteiger partial charge in [-0.25, -0.2) is 4.79 Å². The van der Waals surface area contributed by atoms with Gasteiger partial charge in [0.25, 0.3) is 0 Å². The largest absolute Gasteiger partial charge is 0.468 e. The topological polar surface area (TPSA) is 47.6 Å². The van der Waals surface area contributed by atoms with Crippen molar-refractivity contribution in [3.63, 3.8) is 0 Å². The first-order valence-electron chi connectivity index (χ1n) is 7.18. The summed E-state index contributed by atoms with van der Waals surface area (Å²) in [5.74, 6) is 1.01.